The Balaban J connectivity index is 2.32. The van der Waals surface area contributed by atoms with Crippen LogP contribution in [0.4, 0.5) is 0 Å². The monoisotopic (exact) mass is 333 g/mol. The summed E-state index contributed by atoms with van der Waals surface area (Å²) in [6, 6.07) is 5.90. The number of carbonyl (C=O) groups excluding carboxylic acids is 2. The highest BCUT2D eigenvalue weighted by atomic mass is 16.5. The third-order valence-corrected chi connectivity index (χ3v) is 5.30. The van der Waals surface area contributed by atoms with Gasteiger partial charge in [0, 0.05) is 38.9 Å². The summed E-state index contributed by atoms with van der Waals surface area (Å²) in [5.41, 5.74) is 1.75. The fourth-order valence-corrected chi connectivity index (χ4v) is 3.43. The van der Waals surface area contributed by atoms with Crippen LogP contribution in [0.3, 0.4) is 0 Å². The third-order valence-electron chi connectivity index (χ3n) is 5.30. The largest absolute Gasteiger partial charge is 0.496 e. The first kappa shape index (κ1) is 18.5. The molecule has 5 heteroatoms. The minimum absolute atomic E-state index is 0.0465. The first-order chi connectivity index (χ1) is 11.4. The number of Topliss-reactive ketones (excluding diaryl/α,β-unsaturated/α-hetero) is 1. The summed E-state index contributed by atoms with van der Waals surface area (Å²) in [5, 5.41) is 9.42. The quantitative estimate of drug-likeness (QED) is 0.868. The normalized spacial score (nSPS) is 16.8. The standard InChI is InChI=1S/C19H27NO4/c1-14(22)20(2)11-10-19(8-6-17(23)7-9-19)16-5-4-15(13-21)18(12-16)24-3/h4-5,12,21H,6-11,13H2,1-3H3. The van der Waals surface area contributed by atoms with Crippen LogP contribution in [0.2, 0.25) is 0 Å². The second-order valence-corrected chi connectivity index (χ2v) is 6.69. The van der Waals surface area contributed by atoms with Crippen LogP contribution in [0.1, 0.15) is 50.2 Å². The second kappa shape index (κ2) is 7.79. The molecule has 0 bridgehead atoms. The van der Waals surface area contributed by atoms with E-state index in [4.69, 9.17) is 4.74 Å². The lowest BCUT2D eigenvalue weighted by atomic mass is 9.67. The van der Waals surface area contributed by atoms with E-state index in [2.05, 4.69) is 0 Å². The van der Waals surface area contributed by atoms with Gasteiger partial charge in [0.25, 0.3) is 0 Å². The topological polar surface area (TPSA) is 66.8 Å². The fourth-order valence-electron chi connectivity index (χ4n) is 3.43. The van der Waals surface area contributed by atoms with Crippen molar-refractivity contribution in [3.8, 4) is 5.75 Å². The first-order valence-electron chi connectivity index (χ1n) is 8.43. The maximum absolute atomic E-state index is 11.7. The number of nitrogens with zero attached hydrogens (tertiary/aromatic N) is 1. The third kappa shape index (κ3) is 3.96. The molecule has 0 unspecified atom stereocenters. The molecule has 0 radical (unpaired) electrons. The molecule has 2 rings (SSSR count). The molecule has 1 N–H and O–H groups in total. The predicted octanol–water partition coefficient (Wildman–Crippen LogP) is 2.44. The number of hydrogen-bond donors (Lipinski definition) is 1. The van der Waals surface area contributed by atoms with Crippen LogP contribution < -0.4 is 4.74 Å². The van der Waals surface area contributed by atoms with E-state index in [-0.39, 0.29) is 17.9 Å². The number of ketones is 1. The average Bonchev–Trinajstić information content (AvgIpc) is 2.60. The highest BCUT2D eigenvalue weighted by molar-refractivity contribution is 5.79. The number of amides is 1. The molecule has 0 heterocycles. The van der Waals surface area contributed by atoms with E-state index < -0.39 is 0 Å². The molecule has 1 aromatic rings. The molecule has 0 aliphatic heterocycles. The van der Waals surface area contributed by atoms with Gasteiger partial charge in [-0.25, -0.2) is 0 Å². The number of aliphatic hydroxyl groups excluding tert-OH is 1. The molecule has 0 saturated heterocycles. The minimum Gasteiger partial charge on any atom is -0.496 e. The van der Waals surface area contributed by atoms with E-state index in [1.807, 2.05) is 18.2 Å². The molecule has 1 fully saturated rings. The Kier molecular flexibility index (Phi) is 5.99. The van der Waals surface area contributed by atoms with Crippen molar-refractivity contribution in [1.82, 2.24) is 4.90 Å². The lowest BCUT2D eigenvalue weighted by Gasteiger charge is -2.39. The summed E-state index contributed by atoms with van der Waals surface area (Å²) < 4.78 is 5.41. The predicted molar refractivity (Wildman–Crippen MR) is 92.0 cm³/mol. The van der Waals surface area contributed by atoms with E-state index in [1.165, 1.54) is 0 Å². The van der Waals surface area contributed by atoms with Crippen LogP contribution >= 0.6 is 0 Å². The Morgan fingerprint density at radius 3 is 2.54 bits per heavy atom. The van der Waals surface area contributed by atoms with Crippen molar-refractivity contribution < 1.29 is 19.4 Å². The molecule has 0 aromatic heterocycles. The molecule has 1 amide bonds. The van der Waals surface area contributed by atoms with Crippen molar-refractivity contribution in [2.24, 2.45) is 0 Å². The van der Waals surface area contributed by atoms with Gasteiger partial charge < -0.3 is 14.7 Å². The van der Waals surface area contributed by atoms with Crippen LogP contribution in [0, 0.1) is 0 Å². The van der Waals surface area contributed by atoms with Crippen LogP contribution in [0.15, 0.2) is 18.2 Å². The van der Waals surface area contributed by atoms with Gasteiger partial charge in [0.05, 0.1) is 13.7 Å². The maximum Gasteiger partial charge on any atom is 0.219 e. The van der Waals surface area contributed by atoms with Gasteiger partial charge in [-0.3, -0.25) is 9.59 Å². The lowest BCUT2D eigenvalue weighted by molar-refractivity contribution is -0.128. The number of benzene rings is 1. The summed E-state index contributed by atoms with van der Waals surface area (Å²) in [6.07, 6.45) is 3.55. The van der Waals surface area contributed by atoms with E-state index in [9.17, 15) is 14.7 Å². The van der Waals surface area contributed by atoms with Crippen LogP contribution in [0.5, 0.6) is 5.75 Å². The van der Waals surface area contributed by atoms with Gasteiger partial charge in [0.2, 0.25) is 5.91 Å². The zero-order chi connectivity index (χ0) is 17.7. The number of methoxy groups -OCH3 is 1. The van der Waals surface area contributed by atoms with E-state index in [0.29, 0.717) is 30.9 Å². The number of ether oxygens (including phenoxy) is 1. The summed E-state index contributed by atoms with van der Waals surface area (Å²) in [5.74, 6) is 1.03. The number of hydrogen-bond acceptors (Lipinski definition) is 4. The van der Waals surface area contributed by atoms with Gasteiger partial charge in [-0.1, -0.05) is 12.1 Å². The Labute approximate surface area is 143 Å². The molecule has 1 aliphatic rings. The Morgan fingerprint density at radius 2 is 2.00 bits per heavy atom. The second-order valence-electron chi connectivity index (χ2n) is 6.69. The SMILES string of the molecule is COc1cc(C2(CCN(C)C(C)=O)CCC(=O)CC2)ccc1CO. The van der Waals surface area contributed by atoms with E-state index >= 15 is 0 Å². The molecule has 0 atom stereocenters. The minimum atomic E-state index is -0.126. The highest BCUT2D eigenvalue weighted by Crippen LogP contribution is 2.42. The van der Waals surface area contributed by atoms with Crippen molar-refractivity contribution >= 4 is 11.7 Å². The highest BCUT2D eigenvalue weighted by Gasteiger charge is 2.36. The van der Waals surface area contributed by atoms with Gasteiger partial charge in [0.15, 0.2) is 0 Å². The van der Waals surface area contributed by atoms with E-state index in [0.717, 1.165) is 30.4 Å². The summed E-state index contributed by atoms with van der Waals surface area (Å²) >= 11 is 0. The molecular weight excluding hydrogens is 306 g/mol. The van der Waals surface area contributed by atoms with Gasteiger partial charge >= 0.3 is 0 Å². The molecule has 132 valence electrons. The molecular formula is C19H27NO4. The van der Waals surface area contributed by atoms with Gasteiger partial charge in [-0.15, -0.1) is 0 Å². The molecule has 0 spiro atoms. The molecule has 24 heavy (non-hydrogen) atoms. The fraction of sp³-hybridized carbons (Fsp3) is 0.579. The number of carbonyl (C=O) groups is 2. The van der Waals surface area contributed by atoms with Crippen molar-refractivity contribution in [1.29, 1.82) is 0 Å². The smallest absolute Gasteiger partial charge is 0.219 e. The van der Waals surface area contributed by atoms with Crippen molar-refractivity contribution in [3.63, 3.8) is 0 Å². The summed E-state index contributed by atoms with van der Waals surface area (Å²) in [4.78, 5) is 25.0. The number of aliphatic hydroxyl groups is 1. The molecule has 1 aromatic carbocycles. The van der Waals surface area contributed by atoms with Crippen molar-refractivity contribution in [3.05, 3.63) is 29.3 Å². The maximum atomic E-state index is 11.7. The molecule has 1 saturated carbocycles. The summed E-state index contributed by atoms with van der Waals surface area (Å²) in [7, 11) is 3.40. The van der Waals surface area contributed by atoms with Gasteiger partial charge in [-0.05, 0) is 36.3 Å². The zero-order valence-electron chi connectivity index (χ0n) is 14.8. The van der Waals surface area contributed by atoms with Crippen LogP contribution in [-0.2, 0) is 21.6 Å². The van der Waals surface area contributed by atoms with Crippen molar-refractivity contribution in [2.45, 2.75) is 51.0 Å². The first-order valence-corrected chi connectivity index (χ1v) is 8.43. The average molecular weight is 333 g/mol. The Bertz CT molecular complexity index is 601. The zero-order valence-corrected chi connectivity index (χ0v) is 14.8. The van der Waals surface area contributed by atoms with Crippen LogP contribution in [-0.4, -0.2) is 42.4 Å². The van der Waals surface area contributed by atoms with Gasteiger partial charge in [-0.2, -0.15) is 0 Å². The van der Waals surface area contributed by atoms with Crippen LogP contribution in [0.25, 0.3) is 0 Å². The number of rotatable bonds is 6. The lowest BCUT2D eigenvalue weighted by Crippen LogP contribution is -2.37. The Hall–Kier alpha value is -1.88. The Morgan fingerprint density at radius 1 is 1.33 bits per heavy atom. The summed E-state index contributed by atoms with van der Waals surface area (Å²) in [6.45, 7) is 2.16. The van der Waals surface area contributed by atoms with Crippen molar-refractivity contribution in [2.75, 3.05) is 20.7 Å². The molecule has 1 aliphatic carbocycles. The van der Waals surface area contributed by atoms with Gasteiger partial charge in [0.1, 0.15) is 11.5 Å². The van der Waals surface area contributed by atoms with E-state index in [1.54, 1.807) is 26.0 Å². The molecule has 5 nitrogen and oxygen atoms in total.